The molecule has 0 saturated carbocycles. The zero-order valence-electron chi connectivity index (χ0n) is 14.7. The minimum Gasteiger partial charge on any atom is -0.492 e. The van der Waals surface area contributed by atoms with Gasteiger partial charge in [0.2, 0.25) is 0 Å². The molecule has 27 heavy (non-hydrogen) atoms. The van der Waals surface area contributed by atoms with Crippen LogP contribution in [-0.2, 0) is 20.7 Å². The highest BCUT2D eigenvalue weighted by Gasteiger charge is 2.28. The van der Waals surface area contributed by atoms with Crippen molar-refractivity contribution in [2.75, 3.05) is 13.2 Å². The van der Waals surface area contributed by atoms with Crippen LogP contribution in [0.5, 0.6) is 5.75 Å². The number of nitrogens with one attached hydrogen (secondary N) is 1. The van der Waals surface area contributed by atoms with Crippen LogP contribution in [0.2, 0.25) is 10.0 Å². The quantitative estimate of drug-likeness (QED) is 0.761. The van der Waals surface area contributed by atoms with Gasteiger partial charge in [-0.3, -0.25) is 9.59 Å². The number of halogens is 2. The summed E-state index contributed by atoms with van der Waals surface area (Å²) in [6.07, 6.45) is 0.470. The third kappa shape index (κ3) is 5.15. The highest BCUT2D eigenvalue weighted by molar-refractivity contribution is 6.30. The first-order chi connectivity index (χ1) is 12.9. The van der Waals surface area contributed by atoms with Crippen LogP contribution in [0.1, 0.15) is 24.1 Å². The lowest BCUT2D eigenvalue weighted by molar-refractivity contribution is -0.154. The molecule has 1 aliphatic heterocycles. The molecule has 7 heteroatoms. The van der Waals surface area contributed by atoms with Crippen molar-refractivity contribution in [1.29, 1.82) is 0 Å². The average molecular weight is 408 g/mol. The standard InChI is InChI=1S/C20H19Cl2NO4/c1-12(13-2-4-16(21)5-3-13)23-19(24)11-27-20(25)15-8-14-9-17(22)6-7-18(14)26-10-15/h2-7,9,12,15H,8,10-11H2,1H3,(H,23,24)/t12-,15-/m0/s1. The minimum atomic E-state index is -0.463. The molecule has 0 radical (unpaired) electrons. The maximum Gasteiger partial charge on any atom is 0.313 e. The van der Waals surface area contributed by atoms with Gasteiger partial charge in [-0.05, 0) is 54.8 Å². The summed E-state index contributed by atoms with van der Waals surface area (Å²) >= 11 is 11.8. The predicted octanol–water partition coefficient (Wildman–Crippen LogP) is 3.97. The number of hydrogen-bond donors (Lipinski definition) is 1. The Morgan fingerprint density at radius 3 is 2.63 bits per heavy atom. The van der Waals surface area contributed by atoms with Crippen molar-refractivity contribution in [3.8, 4) is 5.75 Å². The first-order valence-corrected chi connectivity index (χ1v) is 9.30. The topological polar surface area (TPSA) is 64.6 Å². The molecule has 0 fully saturated rings. The van der Waals surface area contributed by atoms with E-state index in [-0.39, 0.29) is 25.2 Å². The predicted molar refractivity (Wildman–Crippen MR) is 103 cm³/mol. The molecule has 0 spiro atoms. The van der Waals surface area contributed by atoms with Gasteiger partial charge in [-0.15, -0.1) is 0 Å². The Labute approximate surface area is 167 Å². The zero-order valence-corrected chi connectivity index (χ0v) is 16.2. The van der Waals surface area contributed by atoms with Crippen LogP contribution in [0.4, 0.5) is 0 Å². The molecule has 1 aliphatic rings. The van der Waals surface area contributed by atoms with Gasteiger partial charge in [0.05, 0.1) is 12.0 Å². The fourth-order valence-electron chi connectivity index (χ4n) is 2.89. The Bertz CT molecular complexity index is 838. The van der Waals surface area contributed by atoms with Crippen LogP contribution in [-0.4, -0.2) is 25.1 Å². The highest BCUT2D eigenvalue weighted by Crippen LogP contribution is 2.30. The number of carbonyl (C=O) groups excluding carboxylic acids is 2. The largest absolute Gasteiger partial charge is 0.492 e. The molecule has 3 rings (SSSR count). The number of benzene rings is 2. The number of rotatable bonds is 5. The van der Waals surface area contributed by atoms with Gasteiger partial charge >= 0.3 is 5.97 Å². The summed E-state index contributed by atoms with van der Waals surface area (Å²) in [6.45, 7) is 1.73. The second-order valence-electron chi connectivity index (χ2n) is 6.41. The molecule has 2 aromatic carbocycles. The van der Waals surface area contributed by atoms with E-state index in [0.717, 1.165) is 16.9 Å². The molecule has 0 saturated heterocycles. The maximum absolute atomic E-state index is 12.3. The third-order valence-corrected chi connectivity index (χ3v) is 4.84. The van der Waals surface area contributed by atoms with E-state index in [4.69, 9.17) is 32.7 Å². The molecule has 1 heterocycles. The Morgan fingerprint density at radius 2 is 1.89 bits per heavy atom. The lowest BCUT2D eigenvalue weighted by Crippen LogP contribution is -2.34. The molecule has 0 bridgehead atoms. The van der Waals surface area contributed by atoms with Gasteiger partial charge in [0.1, 0.15) is 12.4 Å². The summed E-state index contributed by atoms with van der Waals surface area (Å²) in [5.41, 5.74) is 1.77. The number of amides is 1. The summed E-state index contributed by atoms with van der Waals surface area (Å²) in [6, 6.07) is 12.3. The van der Waals surface area contributed by atoms with E-state index in [1.807, 2.05) is 19.1 Å². The highest BCUT2D eigenvalue weighted by atomic mass is 35.5. The average Bonchev–Trinajstić information content (AvgIpc) is 2.66. The minimum absolute atomic E-state index is 0.219. The number of esters is 1. The fourth-order valence-corrected chi connectivity index (χ4v) is 3.21. The zero-order chi connectivity index (χ0) is 19.4. The number of ether oxygens (including phenoxy) is 2. The Hall–Kier alpha value is -2.24. The summed E-state index contributed by atoms with van der Waals surface area (Å²) in [7, 11) is 0. The molecule has 0 aliphatic carbocycles. The van der Waals surface area contributed by atoms with Gasteiger partial charge in [-0.2, -0.15) is 0 Å². The third-order valence-electron chi connectivity index (χ3n) is 4.36. The van der Waals surface area contributed by atoms with Crippen LogP contribution in [0.15, 0.2) is 42.5 Å². The second-order valence-corrected chi connectivity index (χ2v) is 7.29. The molecule has 5 nitrogen and oxygen atoms in total. The van der Waals surface area contributed by atoms with Gasteiger partial charge in [-0.25, -0.2) is 0 Å². The van der Waals surface area contributed by atoms with Crippen molar-refractivity contribution in [2.24, 2.45) is 5.92 Å². The van der Waals surface area contributed by atoms with Crippen LogP contribution in [0, 0.1) is 5.92 Å². The van der Waals surface area contributed by atoms with Crippen molar-refractivity contribution in [1.82, 2.24) is 5.32 Å². The SMILES string of the molecule is C[C@H](NC(=O)COC(=O)[C@@H]1COc2ccc(Cl)cc2C1)c1ccc(Cl)cc1. The first kappa shape index (κ1) is 19.5. The number of hydrogen-bond acceptors (Lipinski definition) is 4. The summed E-state index contributed by atoms with van der Waals surface area (Å²) in [5.74, 6) is -0.573. The van der Waals surface area contributed by atoms with Crippen LogP contribution < -0.4 is 10.1 Å². The Kier molecular flexibility index (Phi) is 6.24. The molecule has 1 N–H and O–H groups in total. The van der Waals surface area contributed by atoms with E-state index in [1.165, 1.54) is 0 Å². The van der Waals surface area contributed by atoms with Crippen LogP contribution in [0.3, 0.4) is 0 Å². The van der Waals surface area contributed by atoms with Crippen molar-refractivity contribution in [3.63, 3.8) is 0 Å². The molecule has 2 atom stereocenters. The van der Waals surface area contributed by atoms with Crippen molar-refractivity contribution < 1.29 is 19.1 Å². The monoisotopic (exact) mass is 407 g/mol. The molecule has 0 aromatic heterocycles. The molecule has 2 aromatic rings. The molecular weight excluding hydrogens is 389 g/mol. The van der Waals surface area contributed by atoms with Crippen molar-refractivity contribution in [2.45, 2.75) is 19.4 Å². The van der Waals surface area contributed by atoms with Crippen LogP contribution >= 0.6 is 23.2 Å². The molecule has 1 amide bonds. The van der Waals surface area contributed by atoms with Crippen molar-refractivity contribution in [3.05, 3.63) is 63.6 Å². The van der Waals surface area contributed by atoms with Gasteiger partial charge in [0.25, 0.3) is 5.91 Å². The smallest absolute Gasteiger partial charge is 0.313 e. The Balaban J connectivity index is 1.49. The van der Waals surface area contributed by atoms with Crippen molar-refractivity contribution >= 4 is 35.1 Å². The molecule has 142 valence electrons. The van der Waals surface area contributed by atoms with E-state index in [0.29, 0.717) is 16.5 Å². The van der Waals surface area contributed by atoms with Crippen LogP contribution in [0.25, 0.3) is 0 Å². The van der Waals surface area contributed by atoms with Gasteiger partial charge in [-0.1, -0.05) is 35.3 Å². The van der Waals surface area contributed by atoms with E-state index < -0.39 is 11.9 Å². The summed E-state index contributed by atoms with van der Waals surface area (Å²) in [5, 5.41) is 4.00. The van der Waals surface area contributed by atoms with E-state index >= 15 is 0 Å². The summed E-state index contributed by atoms with van der Waals surface area (Å²) < 4.78 is 10.7. The van der Waals surface area contributed by atoms with Gasteiger partial charge in [0, 0.05) is 10.0 Å². The number of carbonyl (C=O) groups is 2. The van der Waals surface area contributed by atoms with Gasteiger partial charge < -0.3 is 14.8 Å². The lowest BCUT2D eigenvalue weighted by Gasteiger charge is -2.24. The second kappa shape index (κ2) is 8.63. The van der Waals surface area contributed by atoms with Gasteiger partial charge in [0.15, 0.2) is 6.61 Å². The summed E-state index contributed by atoms with van der Waals surface area (Å²) in [4.78, 5) is 24.3. The van der Waals surface area contributed by atoms with E-state index in [1.54, 1.807) is 30.3 Å². The maximum atomic E-state index is 12.3. The Morgan fingerprint density at radius 1 is 1.19 bits per heavy atom. The molecular formula is C20H19Cl2NO4. The normalized spacial score (nSPS) is 16.6. The van der Waals surface area contributed by atoms with E-state index in [9.17, 15) is 9.59 Å². The number of fused-ring (bicyclic) bond motifs is 1. The lowest BCUT2D eigenvalue weighted by atomic mass is 9.97. The fraction of sp³-hybridized carbons (Fsp3) is 0.300. The molecule has 0 unspecified atom stereocenters. The first-order valence-electron chi connectivity index (χ1n) is 8.55. The van der Waals surface area contributed by atoms with E-state index in [2.05, 4.69) is 5.32 Å².